The molecular weight excluding hydrogens is 240 g/mol. The number of rotatable bonds is 6. The van der Waals surface area contributed by atoms with Crippen LogP contribution in [0.3, 0.4) is 0 Å². The summed E-state index contributed by atoms with van der Waals surface area (Å²) in [5.74, 6) is -0.244. The second kappa shape index (κ2) is 9.25. The predicted molar refractivity (Wildman–Crippen MR) is 80.9 cm³/mol. The SMILES string of the molecule is C/C=C(/C)C=NC(CCC)=N/C(CC)=C(\C)C(=O)O. The Morgan fingerprint density at radius 2 is 1.89 bits per heavy atom. The lowest BCUT2D eigenvalue weighted by atomic mass is 10.2. The molecule has 0 aliphatic heterocycles. The van der Waals surface area contributed by atoms with Gasteiger partial charge >= 0.3 is 5.97 Å². The molecule has 0 saturated heterocycles. The lowest BCUT2D eigenvalue weighted by Gasteiger charge is -2.04. The van der Waals surface area contributed by atoms with Crippen LogP contribution in [0, 0.1) is 0 Å². The third-order valence-corrected chi connectivity index (χ3v) is 2.70. The number of carboxylic acids is 1. The van der Waals surface area contributed by atoms with Gasteiger partial charge in [0, 0.05) is 12.6 Å². The minimum absolute atomic E-state index is 0.286. The van der Waals surface area contributed by atoms with Gasteiger partial charge in [-0.25, -0.2) is 14.8 Å². The van der Waals surface area contributed by atoms with Gasteiger partial charge < -0.3 is 5.11 Å². The number of hydrogen-bond acceptors (Lipinski definition) is 2. The molecule has 0 fully saturated rings. The van der Waals surface area contributed by atoms with Crippen molar-refractivity contribution in [3.8, 4) is 0 Å². The van der Waals surface area contributed by atoms with E-state index in [2.05, 4.69) is 9.98 Å². The van der Waals surface area contributed by atoms with Gasteiger partial charge in [-0.2, -0.15) is 0 Å². The largest absolute Gasteiger partial charge is 0.478 e. The van der Waals surface area contributed by atoms with E-state index in [0.29, 0.717) is 18.0 Å². The monoisotopic (exact) mass is 264 g/mol. The topological polar surface area (TPSA) is 62.0 Å². The van der Waals surface area contributed by atoms with Crippen LogP contribution in [0.1, 0.15) is 53.9 Å². The lowest BCUT2D eigenvalue weighted by molar-refractivity contribution is -0.132. The van der Waals surface area contributed by atoms with Crippen LogP contribution in [0.15, 0.2) is 32.9 Å². The van der Waals surface area contributed by atoms with Gasteiger partial charge in [0.2, 0.25) is 0 Å². The van der Waals surface area contributed by atoms with Gasteiger partial charge in [-0.1, -0.05) is 19.9 Å². The number of aliphatic imine (C=N–C) groups is 2. The maximum atomic E-state index is 11.0. The highest BCUT2D eigenvalue weighted by Gasteiger charge is 2.08. The normalized spacial score (nSPS) is 14.8. The molecule has 0 aromatic heterocycles. The summed E-state index contributed by atoms with van der Waals surface area (Å²) in [6.45, 7) is 9.44. The van der Waals surface area contributed by atoms with E-state index in [1.165, 1.54) is 0 Å². The predicted octanol–water partition coefficient (Wildman–Crippen LogP) is 3.99. The Labute approximate surface area is 115 Å². The molecule has 0 rings (SSSR count). The number of amidine groups is 1. The Balaban J connectivity index is 5.37. The van der Waals surface area contributed by atoms with Crippen molar-refractivity contribution in [1.82, 2.24) is 0 Å². The number of allylic oxidation sites excluding steroid dienone is 3. The van der Waals surface area contributed by atoms with Crippen LogP contribution >= 0.6 is 0 Å². The van der Waals surface area contributed by atoms with Gasteiger partial charge in [0.25, 0.3) is 0 Å². The minimum Gasteiger partial charge on any atom is -0.478 e. The van der Waals surface area contributed by atoms with Crippen LogP contribution in [0.2, 0.25) is 0 Å². The van der Waals surface area contributed by atoms with E-state index in [4.69, 9.17) is 5.11 Å². The highest BCUT2D eigenvalue weighted by atomic mass is 16.4. The summed E-state index contributed by atoms with van der Waals surface area (Å²) < 4.78 is 0. The first-order chi connectivity index (χ1) is 8.96. The fourth-order valence-corrected chi connectivity index (χ4v) is 1.33. The molecule has 0 aliphatic carbocycles. The van der Waals surface area contributed by atoms with Crippen molar-refractivity contribution in [2.75, 3.05) is 0 Å². The molecule has 0 radical (unpaired) electrons. The van der Waals surface area contributed by atoms with Crippen molar-refractivity contribution in [2.45, 2.75) is 53.9 Å². The molecule has 0 aromatic rings. The van der Waals surface area contributed by atoms with Crippen LogP contribution in [0.25, 0.3) is 0 Å². The number of aliphatic carboxylic acids is 1. The van der Waals surface area contributed by atoms with E-state index < -0.39 is 5.97 Å². The number of carbonyl (C=O) groups is 1. The van der Waals surface area contributed by atoms with Crippen LogP contribution in [-0.2, 0) is 4.79 Å². The molecule has 0 spiro atoms. The summed E-state index contributed by atoms with van der Waals surface area (Å²) in [6, 6.07) is 0. The summed E-state index contributed by atoms with van der Waals surface area (Å²) in [5.41, 5.74) is 1.93. The lowest BCUT2D eigenvalue weighted by Crippen LogP contribution is -2.02. The Morgan fingerprint density at radius 3 is 2.32 bits per heavy atom. The average Bonchev–Trinajstić information content (AvgIpc) is 2.40. The van der Waals surface area contributed by atoms with Crippen LogP contribution in [-0.4, -0.2) is 23.1 Å². The summed E-state index contributed by atoms with van der Waals surface area (Å²) in [4.78, 5) is 19.7. The van der Waals surface area contributed by atoms with Crippen molar-refractivity contribution in [3.05, 3.63) is 22.9 Å². The molecule has 0 atom stereocenters. The van der Waals surface area contributed by atoms with Crippen molar-refractivity contribution in [3.63, 3.8) is 0 Å². The van der Waals surface area contributed by atoms with Crippen LogP contribution in [0.5, 0.6) is 0 Å². The summed E-state index contributed by atoms with van der Waals surface area (Å²) in [5, 5.41) is 9.01. The first-order valence-electron chi connectivity index (χ1n) is 6.63. The van der Waals surface area contributed by atoms with Crippen molar-refractivity contribution >= 4 is 18.0 Å². The van der Waals surface area contributed by atoms with E-state index in [1.54, 1.807) is 13.1 Å². The molecule has 1 N–H and O–H groups in total. The van der Waals surface area contributed by atoms with Crippen LogP contribution < -0.4 is 0 Å². The van der Waals surface area contributed by atoms with Gasteiger partial charge in [0.15, 0.2) is 0 Å². The van der Waals surface area contributed by atoms with Crippen LogP contribution in [0.4, 0.5) is 0 Å². The molecule has 4 heteroatoms. The first kappa shape index (κ1) is 17.3. The molecule has 19 heavy (non-hydrogen) atoms. The van der Waals surface area contributed by atoms with Gasteiger partial charge in [-0.3, -0.25) is 0 Å². The first-order valence-corrected chi connectivity index (χ1v) is 6.63. The summed E-state index contributed by atoms with van der Waals surface area (Å²) in [7, 11) is 0. The second-order valence-corrected chi connectivity index (χ2v) is 4.30. The van der Waals surface area contributed by atoms with Gasteiger partial charge in [-0.05, 0) is 39.2 Å². The average molecular weight is 264 g/mol. The third kappa shape index (κ3) is 6.70. The number of nitrogens with zero attached hydrogens (tertiary/aromatic N) is 2. The minimum atomic E-state index is -0.926. The number of carboxylic acid groups (broad SMARTS) is 1. The highest BCUT2D eigenvalue weighted by Crippen LogP contribution is 2.12. The molecule has 0 amide bonds. The van der Waals surface area contributed by atoms with Gasteiger partial charge in [0.05, 0.1) is 11.3 Å². The standard InChI is InChI=1S/C15H24N2O2/c1-6-9-14(16-10-11(4)7-2)17-13(8-3)12(5)15(18)19/h7,10H,6,8-9H2,1-5H3,(H,18,19)/b11-7-,13-12+,16-10?,17-14?. The van der Waals surface area contributed by atoms with Gasteiger partial charge in [0.1, 0.15) is 5.84 Å². The van der Waals surface area contributed by atoms with Crippen molar-refractivity contribution in [2.24, 2.45) is 9.98 Å². The molecule has 0 heterocycles. The van der Waals surface area contributed by atoms with Gasteiger partial charge in [-0.15, -0.1) is 0 Å². The zero-order valence-electron chi connectivity index (χ0n) is 12.5. The van der Waals surface area contributed by atoms with E-state index >= 15 is 0 Å². The van der Waals surface area contributed by atoms with Crippen molar-refractivity contribution < 1.29 is 9.90 Å². The molecule has 4 nitrogen and oxygen atoms in total. The molecule has 0 saturated carbocycles. The molecule has 0 unspecified atom stereocenters. The number of hydrogen-bond donors (Lipinski definition) is 1. The molecule has 0 aromatic carbocycles. The Morgan fingerprint density at radius 1 is 1.26 bits per heavy atom. The fourth-order valence-electron chi connectivity index (χ4n) is 1.33. The van der Waals surface area contributed by atoms with E-state index in [0.717, 1.165) is 18.4 Å². The zero-order valence-corrected chi connectivity index (χ0v) is 12.5. The Hall–Kier alpha value is -1.71. The Bertz CT molecular complexity index is 429. The Kier molecular flexibility index (Phi) is 8.42. The van der Waals surface area contributed by atoms with E-state index in [1.807, 2.05) is 33.8 Å². The molecular formula is C15H24N2O2. The van der Waals surface area contributed by atoms with E-state index in [9.17, 15) is 4.79 Å². The third-order valence-electron chi connectivity index (χ3n) is 2.70. The molecule has 106 valence electrons. The highest BCUT2D eigenvalue weighted by molar-refractivity contribution is 5.95. The van der Waals surface area contributed by atoms with Crippen molar-refractivity contribution in [1.29, 1.82) is 0 Å². The molecule has 0 aliphatic rings. The maximum absolute atomic E-state index is 11.0. The fraction of sp³-hybridized carbons (Fsp3) is 0.533. The second-order valence-electron chi connectivity index (χ2n) is 4.30. The maximum Gasteiger partial charge on any atom is 0.333 e. The van der Waals surface area contributed by atoms with E-state index in [-0.39, 0.29) is 5.57 Å². The summed E-state index contributed by atoms with van der Waals surface area (Å²) in [6.07, 6.45) is 5.98. The zero-order chi connectivity index (χ0) is 14.8. The quantitative estimate of drug-likeness (QED) is 0.448. The smallest absolute Gasteiger partial charge is 0.333 e. The molecule has 0 bridgehead atoms. The summed E-state index contributed by atoms with van der Waals surface area (Å²) >= 11 is 0.